The van der Waals surface area contributed by atoms with Gasteiger partial charge in [0.2, 0.25) is 0 Å². The lowest BCUT2D eigenvalue weighted by molar-refractivity contribution is -0.0804. The standard InChI is InChI=1S/C12H23NO4/c1-12(2,3)17-11(14)13-7-6-9(15-4)10(8-13)16-5/h9-10H,6-8H2,1-5H3. The van der Waals surface area contributed by atoms with Crippen LogP contribution in [-0.2, 0) is 14.2 Å². The molecule has 2 atom stereocenters. The van der Waals surface area contributed by atoms with Gasteiger partial charge in [-0.15, -0.1) is 0 Å². The minimum absolute atomic E-state index is 0.0543. The number of amides is 1. The van der Waals surface area contributed by atoms with Crippen LogP contribution in [0, 0.1) is 0 Å². The lowest BCUT2D eigenvalue weighted by Gasteiger charge is -2.37. The molecule has 2 unspecified atom stereocenters. The van der Waals surface area contributed by atoms with Crippen molar-refractivity contribution in [1.29, 1.82) is 0 Å². The highest BCUT2D eigenvalue weighted by molar-refractivity contribution is 5.68. The van der Waals surface area contributed by atoms with Gasteiger partial charge in [-0.1, -0.05) is 0 Å². The molecule has 0 N–H and O–H groups in total. The number of carbonyl (C=O) groups is 1. The third-order valence-corrected chi connectivity index (χ3v) is 2.76. The van der Waals surface area contributed by atoms with E-state index in [2.05, 4.69) is 0 Å². The summed E-state index contributed by atoms with van der Waals surface area (Å²) in [7, 11) is 3.30. The minimum atomic E-state index is -0.461. The smallest absolute Gasteiger partial charge is 0.410 e. The molecule has 0 radical (unpaired) electrons. The normalized spacial score (nSPS) is 25.8. The molecule has 1 fully saturated rings. The van der Waals surface area contributed by atoms with Gasteiger partial charge in [-0.2, -0.15) is 0 Å². The zero-order valence-electron chi connectivity index (χ0n) is 11.4. The average Bonchev–Trinajstić information content (AvgIpc) is 2.25. The molecule has 100 valence electrons. The van der Waals surface area contributed by atoms with E-state index < -0.39 is 5.60 Å². The predicted molar refractivity (Wildman–Crippen MR) is 64.0 cm³/mol. The fourth-order valence-corrected chi connectivity index (χ4v) is 1.88. The Morgan fingerprint density at radius 1 is 1.18 bits per heavy atom. The van der Waals surface area contributed by atoms with Gasteiger partial charge in [0.15, 0.2) is 0 Å². The molecule has 1 saturated heterocycles. The van der Waals surface area contributed by atoms with Crippen molar-refractivity contribution in [2.75, 3.05) is 27.3 Å². The van der Waals surface area contributed by atoms with Crippen LogP contribution in [0.4, 0.5) is 4.79 Å². The number of methoxy groups -OCH3 is 2. The van der Waals surface area contributed by atoms with Gasteiger partial charge in [0.1, 0.15) is 11.7 Å². The van der Waals surface area contributed by atoms with Crippen molar-refractivity contribution in [2.24, 2.45) is 0 Å². The Labute approximate surface area is 103 Å². The van der Waals surface area contributed by atoms with Crippen molar-refractivity contribution in [2.45, 2.75) is 45.0 Å². The number of piperidine rings is 1. The van der Waals surface area contributed by atoms with Crippen molar-refractivity contribution < 1.29 is 19.0 Å². The zero-order valence-corrected chi connectivity index (χ0v) is 11.4. The van der Waals surface area contributed by atoms with Crippen LogP contribution in [0.1, 0.15) is 27.2 Å². The molecular weight excluding hydrogens is 222 g/mol. The molecule has 1 heterocycles. The Bertz CT molecular complexity index is 262. The Morgan fingerprint density at radius 2 is 1.76 bits per heavy atom. The number of rotatable bonds is 2. The Kier molecular flexibility index (Phi) is 4.77. The summed E-state index contributed by atoms with van der Waals surface area (Å²) in [5, 5.41) is 0. The van der Waals surface area contributed by atoms with Gasteiger partial charge >= 0.3 is 6.09 Å². The lowest BCUT2D eigenvalue weighted by Crippen LogP contribution is -2.51. The van der Waals surface area contributed by atoms with Crippen molar-refractivity contribution in [3.8, 4) is 0 Å². The van der Waals surface area contributed by atoms with Gasteiger partial charge in [0.25, 0.3) is 0 Å². The molecule has 5 nitrogen and oxygen atoms in total. The molecule has 0 aromatic carbocycles. The Hall–Kier alpha value is -0.810. The summed E-state index contributed by atoms with van der Waals surface area (Å²) >= 11 is 0. The first-order valence-corrected chi connectivity index (χ1v) is 5.91. The summed E-state index contributed by atoms with van der Waals surface area (Å²) in [5.41, 5.74) is -0.461. The van der Waals surface area contributed by atoms with Gasteiger partial charge in [-0.05, 0) is 27.2 Å². The number of likely N-dealkylation sites (tertiary alicyclic amines) is 1. The Morgan fingerprint density at radius 3 is 2.24 bits per heavy atom. The SMILES string of the molecule is COC1CCN(C(=O)OC(C)(C)C)CC1OC. The van der Waals surface area contributed by atoms with E-state index in [9.17, 15) is 4.79 Å². The molecule has 17 heavy (non-hydrogen) atoms. The highest BCUT2D eigenvalue weighted by Crippen LogP contribution is 2.18. The highest BCUT2D eigenvalue weighted by Gasteiger charge is 2.33. The summed E-state index contributed by atoms with van der Waals surface area (Å²) in [6, 6.07) is 0. The molecule has 0 saturated carbocycles. The molecule has 0 aromatic rings. The van der Waals surface area contributed by atoms with Crippen LogP contribution in [0.3, 0.4) is 0 Å². The van der Waals surface area contributed by atoms with E-state index in [1.807, 2.05) is 20.8 Å². The van der Waals surface area contributed by atoms with Crippen molar-refractivity contribution in [3.63, 3.8) is 0 Å². The molecule has 5 heteroatoms. The van der Waals surface area contributed by atoms with Crippen LogP contribution in [0.2, 0.25) is 0 Å². The quantitative estimate of drug-likeness (QED) is 0.742. The second-order valence-electron chi connectivity index (χ2n) is 5.26. The third kappa shape index (κ3) is 4.16. The summed E-state index contributed by atoms with van der Waals surface area (Å²) in [6.45, 7) is 6.75. The largest absolute Gasteiger partial charge is 0.444 e. The third-order valence-electron chi connectivity index (χ3n) is 2.76. The molecule has 1 aliphatic rings. The summed E-state index contributed by atoms with van der Waals surface area (Å²) < 4.78 is 16.0. The fraction of sp³-hybridized carbons (Fsp3) is 0.917. The molecule has 0 spiro atoms. The van der Waals surface area contributed by atoms with Gasteiger partial charge in [-0.25, -0.2) is 4.79 Å². The molecule has 0 aliphatic carbocycles. The Balaban J connectivity index is 2.54. The summed E-state index contributed by atoms with van der Waals surface area (Å²) in [4.78, 5) is 13.6. The predicted octanol–water partition coefficient (Wildman–Crippen LogP) is 1.66. The molecule has 1 amide bonds. The van der Waals surface area contributed by atoms with E-state index in [4.69, 9.17) is 14.2 Å². The maximum atomic E-state index is 11.9. The minimum Gasteiger partial charge on any atom is -0.444 e. The van der Waals surface area contributed by atoms with Crippen LogP contribution < -0.4 is 0 Å². The van der Waals surface area contributed by atoms with Crippen molar-refractivity contribution in [1.82, 2.24) is 4.90 Å². The highest BCUT2D eigenvalue weighted by atomic mass is 16.6. The molecule has 0 aromatic heterocycles. The van der Waals surface area contributed by atoms with E-state index >= 15 is 0 Å². The number of nitrogens with zero attached hydrogens (tertiary/aromatic N) is 1. The second kappa shape index (κ2) is 5.69. The maximum Gasteiger partial charge on any atom is 0.410 e. The first kappa shape index (κ1) is 14.3. The van der Waals surface area contributed by atoms with Crippen LogP contribution in [0.5, 0.6) is 0 Å². The number of hydrogen-bond donors (Lipinski definition) is 0. The first-order valence-electron chi connectivity index (χ1n) is 5.91. The number of hydrogen-bond acceptors (Lipinski definition) is 4. The van der Waals surface area contributed by atoms with Crippen LogP contribution in [-0.4, -0.2) is 56.1 Å². The van der Waals surface area contributed by atoms with E-state index in [1.165, 1.54) is 0 Å². The zero-order chi connectivity index (χ0) is 13.1. The molecular formula is C12H23NO4. The molecule has 1 rings (SSSR count). The number of carbonyl (C=O) groups excluding carboxylic acids is 1. The maximum absolute atomic E-state index is 11.9. The second-order valence-corrected chi connectivity index (χ2v) is 5.26. The van der Waals surface area contributed by atoms with Gasteiger partial charge in [0, 0.05) is 20.8 Å². The van der Waals surface area contributed by atoms with Crippen LogP contribution in [0.15, 0.2) is 0 Å². The first-order chi connectivity index (χ1) is 7.87. The fourth-order valence-electron chi connectivity index (χ4n) is 1.88. The summed E-state index contributed by atoms with van der Waals surface area (Å²) in [5.74, 6) is 0. The van der Waals surface area contributed by atoms with Crippen LogP contribution in [0.25, 0.3) is 0 Å². The topological polar surface area (TPSA) is 48.0 Å². The molecule has 0 bridgehead atoms. The van der Waals surface area contributed by atoms with E-state index in [1.54, 1.807) is 19.1 Å². The van der Waals surface area contributed by atoms with Gasteiger partial charge in [-0.3, -0.25) is 0 Å². The van der Waals surface area contributed by atoms with Crippen molar-refractivity contribution in [3.05, 3.63) is 0 Å². The van der Waals surface area contributed by atoms with E-state index in [0.717, 1.165) is 6.42 Å². The monoisotopic (exact) mass is 245 g/mol. The number of ether oxygens (including phenoxy) is 3. The van der Waals surface area contributed by atoms with Crippen LogP contribution >= 0.6 is 0 Å². The van der Waals surface area contributed by atoms with Crippen molar-refractivity contribution >= 4 is 6.09 Å². The van der Waals surface area contributed by atoms with Gasteiger partial charge < -0.3 is 19.1 Å². The lowest BCUT2D eigenvalue weighted by atomic mass is 10.1. The van der Waals surface area contributed by atoms with E-state index in [-0.39, 0.29) is 18.3 Å². The average molecular weight is 245 g/mol. The van der Waals surface area contributed by atoms with E-state index in [0.29, 0.717) is 13.1 Å². The summed E-state index contributed by atoms with van der Waals surface area (Å²) in [6.07, 6.45) is 0.461. The van der Waals surface area contributed by atoms with Gasteiger partial charge in [0.05, 0.1) is 12.6 Å². The molecule has 1 aliphatic heterocycles.